The van der Waals surface area contributed by atoms with E-state index in [1.54, 1.807) is 0 Å². The largest absolute Gasteiger partial charge is 0.326 e. The SMILES string of the molecule is Cc1cccc(C(C(C)N)N2CC(C)SC(C)C2)c1. The van der Waals surface area contributed by atoms with Gasteiger partial charge in [0.05, 0.1) is 0 Å². The standard InChI is InChI=1S/C16H26N2S/c1-11-6-5-7-15(8-11)16(14(4)17)18-9-12(2)19-13(3)10-18/h5-8,12-14,16H,9-10,17H2,1-4H3. The Balaban J connectivity index is 2.25. The molecule has 1 aliphatic rings. The maximum Gasteiger partial charge on any atom is 0.0497 e. The zero-order valence-corrected chi connectivity index (χ0v) is 13.3. The third-order valence-electron chi connectivity index (χ3n) is 3.72. The van der Waals surface area contributed by atoms with Gasteiger partial charge in [-0.2, -0.15) is 11.8 Å². The highest BCUT2D eigenvalue weighted by Gasteiger charge is 2.30. The van der Waals surface area contributed by atoms with Crippen LogP contribution in [-0.2, 0) is 0 Å². The number of rotatable bonds is 3. The molecule has 2 nitrogen and oxygen atoms in total. The summed E-state index contributed by atoms with van der Waals surface area (Å²) >= 11 is 2.09. The number of nitrogens with zero attached hydrogens (tertiary/aromatic N) is 1. The van der Waals surface area contributed by atoms with E-state index in [1.165, 1.54) is 11.1 Å². The van der Waals surface area contributed by atoms with E-state index in [-0.39, 0.29) is 6.04 Å². The van der Waals surface area contributed by atoms with Crippen LogP contribution in [0.15, 0.2) is 24.3 Å². The molecule has 1 saturated heterocycles. The first-order chi connectivity index (χ1) is 8.97. The second-order valence-electron chi connectivity index (χ2n) is 5.93. The zero-order chi connectivity index (χ0) is 14.0. The monoisotopic (exact) mass is 278 g/mol. The highest BCUT2D eigenvalue weighted by atomic mass is 32.2. The van der Waals surface area contributed by atoms with Crippen molar-refractivity contribution in [2.75, 3.05) is 13.1 Å². The van der Waals surface area contributed by atoms with Gasteiger partial charge in [-0.3, -0.25) is 4.90 Å². The Morgan fingerprint density at radius 1 is 1.26 bits per heavy atom. The van der Waals surface area contributed by atoms with Gasteiger partial charge in [-0.25, -0.2) is 0 Å². The molecule has 1 aliphatic heterocycles. The van der Waals surface area contributed by atoms with Gasteiger partial charge in [-0.1, -0.05) is 43.7 Å². The molecule has 1 aromatic rings. The molecule has 0 bridgehead atoms. The van der Waals surface area contributed by atoms with Gasteiger partial charge in [-0.15, -0.1) is 0 Å². The predicted molar refractivity (Wildman–Crippen MR) is 85.7 cm³/mol. The fraction of sp³-hybridized carbons (Fsp3) is 0.625. The van der Waals surface area contributed by atoms with E-state index in [2.05, 4.69) is 68.6 Å². The summed E-state index contributed by atoms with van der Waals surface area (Å²) in [4.78, 5) is 2.57. The maximum atomic E-state index is 6.29. The van der Waals surface area contributed by atoms with Gasteiger partial charge < -0.3 is 5.73 Å². The Labute approximate surface area is 121 Å². The Bertz CT molecular complexity index is 409. The molecule has 2 N–H and O–H groups in total. The third kappa shape index (κ3) is 3.74. The summed E-state index contributed by atoms with van der Waals surface area (Å²) in [6.07, 6.45) is 0. The molecule has 0 spiro atoms. The Morgan fingerprint density at radius 2 is 1.89 bits per heavy atom. The predicted octanol–water partition coefficient (Wildman–Crippen LogP) is 3.21. The molecule has 3 heteroatoms. The van der Waals surface area contributed by atoms with Crippen LogP contribution in [0, 0.1) is 6.92 Å². The van der Waals surface area contributed by atoms with Gasteiger partial charge in [0, 0.05) is 35.7 Å². The molecule has 0 radical (unpaired) electrons. The molecule has 2 rings (SSSR count). The van der Waals surface area contributed by atoms with E-state index >= 15 is 0 Å². The Kier molecular flexibility index (Phi) is 4.93. The van der Waals surface area contributed by atoms with E-state index in [4.69, 9.17) is 5.73 Å². The van der Waals surface area contributed by atoms with E-state index in [0.29, 0.717) is 16.5 Å². The highest BCUT2D eigenvalue weighted by molar-refractivity contribution is 8.00. The number of aryl methyl sites for hydroxylation is 1. The van der Waals surface area contributed by atoms with Crippen molar-refractivity contribution in [1.82, 2.24) is 4.90 Å². The molecule has 0 amide bonds. The van der Waals surface area contributed by atoms with Gasteiger partial charge in [0.2, 0.25) is 0 Å². The van der Waals surface area contributed by atoms with Crippen molar-refractivity contribution < 1.29 is 0 Å². The molecule has 106 valence electrons. The topological polar surface area (TPSA) is 29.3 Å². The Hall–Kier alpha value is -0.510. The quantitative estimate of drug-likeness (QED) is 0.920. The van der Waals surface area contributed by atoms with Crippen molar-refractivity contribution in [3.63, 3.8) is 0 Å². The molecular formula is C16H26N2S. The maximum absolute atomic E-state index is 6.29. The summed E-state index contributed by atoms with van der Waals surface area (Å²) in [5.41, 5.74) is 8.97. The second kappa shape index (κ2) is 6.29. The van der Waals surface area contributed by atoms with Crippen molar-refractivity contribution in [2.45, 2.75) is 50.3 Å². The minimum Gasteiger partial charge on any atom is -0.326 e. The second-order valence-corrected chi connectivity index (χ2v) is 7.81. The van der Waals surface area contributed by atoms with Crippen LogP contribution >= 0.6 is 11.8 Å². The summed E-state index contributed by atoms with van der Waals surface area (Å²) in [5, 5.41) is 1.38. The lowest BCUT2D eigenvalue weighted by Crippen LogP contribution is -2.47. The minimum absolute atomic E-state index is 0.157. The average Bonchev–Trinajstić information content (AvgIpc) is 2.27. The molecule has 1 heterocycles. The van der Waals surface area contributed by atoms with Gasteiger partial charge in [0.15, 0.2) is 0 Å². The van der Waals surface area contributed by atoms with E-state index in [0.717, 1.165) is 13.1 Å². The molecule has 0 saturated carbocycles. The van der Waals surface area contributed by atoms with Gasteiger partial charge in [0.25, 0.3) is 0 Å². The van der Waals surface area contributed by atoms with E-state index in [9.17, 15) is 0 Å². The van der Waals surface area contributed by atoms with Crippen LogP contribution in [0.5, 0.6) is 0 Å². The van der Waals surface area contributed by atoms with Crippen LogP contribution in [0.2, 0.25) is 0 Å². The zero-order valence-electron chi connectivity index (χ0n) is 12.5. The van der Waals surface area contributed by atoms with Gasteiger partial charge in [-0.05, 0) is 19.4 Å². The molecule has 4 unspecified atom stereocenters. The first-order valence-corrected chi connectivity index (χ1v) is 8.13. The molecule has 4 atom stereocenters. The fourth-order valence-corrected chi connectivity index (χ4v) is 4.49. The number of thioether (sulfide) groups is 1. The summed E-state index contributed by atoms with van der Waals surface area (Å²) in [6, 6.07) is 9.29. The first kappa shape index (κ1) is 14.9. The van der Waals surface area contributed by atoms with Crippen LogP contribution in [0.4, 0.5) is 0 Å². The van der Waals surface area contributed by atoms with Crippen molar-refractivity contribution in [1.29, 1.82) is 0 Å². The summed E-state index contributed by atoms with van der Waals surface area (Å²) in [5.74, 6) is 0. The summed E-state index contributed by atoms with van der Waals surface area (Å²) in [6.45, 7) is 11.2. The lowest BCUT2D eigenvalue weighted by molar-refractivity contribution is 0.174. The van der Waals surface area contributed by atoms with Crippen molar-refractivity contribution >= 4 is 11.8 Å². The van der Waals surface area contributed by atoms with Crippen LogP contribution in [0.3, 0.4) is 0 Å². The highest BCUT2D eigenvalue weighted by Crippen LogP contribution is 2.32. The number of hydrogen-bond acceptors (Lipinski definition) is 3. The van der Waals surface area contributed by atoms with Crippen LogP contribution in [0.1, 0.15) is 37.9 Å². The summed E-state index contributed by atoms with van der Waals surface area (Å²) < 4.78 is 0. The normalized spacial score (nSPS) is 28.1. The van der Waals surface area contributed by atoms with Crippen molar-refractivity contribution in [3.05, 3.63) is 35.4 Å². The minimum atomic E-state index is 0.157. The van der Waals surface area contributed by atoms with Gasteiger partial charge in [0.1, 0.15) is 0 Å². The third-order valence-corrected chi connectivity index (χ3v) is 4.95. The molecular weight excluding hydrogens is 252 g/mol. The van der Waals surface area contributed by atoms with Crippen molar-refractivity contribution in [2.24, 2.45) is 5.73 Å². The fourth-order valence-electron chi connectivity index (χ4n) is 3.15. The van der Waals surface area contributed by atoms with E-state index in [1.807, 2.05) is 0 Å². The first-order valence-electron chi connectivity index (χ1n) is 7.19. The molecule has 19 heavy (non-hydrogen) atoms. The molecule has 1 aromatic carbocycles. The number of nitrogens with two attached hydrogens (primary N) is 1. The Morgan fingerprint density at radius 3 is 2.42 bits per heavy atom. The van der Waals surface area contributed by atoms with Crippen LogP contribution in [-0.4, -0.2) is 34.5 Å². The summed E-state index contributed by atoms with van der Waals surface area (Å²) in [7, 11) is 0. The number of hydrogen-bond donors (Lipinski definition) is 1. The molecule has 0 aliphatic carbocycles. The van der Waals surface area contributed by atoms with Gasteiger partial charge >= 0.3 is 0 Å². The number of benzene rings is 1. The molecule has 0 aromatic heterocycles. The lowest BCUT2D eigenvalue weighted by Gasteiger charge is -2.41. The average molecular weight is 278 g/mol. The van der Waals surface area contributed by atoms with Crippen LogP contribution in [0.25, 0.3) is 0 Å². The van der Waals surface area contributed by atoms with E-state index < -0.39 is 0 Å². The molecule has 1 fully saturated rings. The smallest absolute Gasteiger partial charge is 0.0497 e. The lowest BCUT2D eigenvalue weighted by atomic mass is 9.97. The van der Waals surface area contributed by atoms with Crippen molar-refractivity contribution in [3.8, 4) is 0 Å². The van der Waals surface area contributed by atoms with Crippen LogP contribution < -0.4 is 5.73 Å².